The first-order valence-electron chi connectivity index (χ1n) is 7.91. The molecule has 0 fully saturated rings. The van der Waals surface area contributed by atoms with E-state index in [1.807, 2.05) is 55.5 Å². The first kappa shape index (κ1) is 16.6. The van der Waals surface area contributed by atoms with Gasteiger partial charge >= 0.3 is 0 Å². The van der Waals surface area contributed by atoms with Gasteiger partial charge < -0.3 is 14.5 Å². The second-order valence-electron chi connectivity index (χ2n) is 5.68. The maximum atomic E-state index is 5.97. The van der Waals surface area contributed by atoms with E-state index in [-0.39, 0.29) is 0 Å². The third kappa shape index (κ3) is 4.88. The standard InChI is InChI=1S/C20H20ClNO2/c1-15-5-8-20(24-15)13-22-12-16-6-9-19(10-7-16)23-14-17-3-2-4-18(21)11-17/h2-11,22H,12-14H2,1H3. The van der Waals surface area contributed by atoms with Gasteiger partial charge in [-0.3, -0.25) is 0 Å². The average Bonchev–Trinajstić information content (AvgIpc) is 3.00. The van der Waals surface area contributed by atoms with Crippen LogP contribution in [0.5, 0.6) is 5.75 Å². The summed E-state index contributed by atoms with van der Waals surface area (Å²) in [7, 11) is 0. The third-order valence-electron chi connectivity index (χ3n) is 3.64. The van der Waals surface area contributed by atoms with E-state index in [0.29, 0.717) is 6.61 Å². The van der Waals surface area contributed by atoms with Crippen LogP contribution in [0.1, 0.15) is 22.6 Å². The van der Waals surface area contributed by atoms with Gasteiger partial charge in [0.15, 0.2) is 0 Å². The molecule has 1 N–H and O–H groups in total. The van der Waals surface area contributed by atoms with Crippen molar-refractivity contribution in [1.29, 1.82) is 0 Å². The van der Waals surface area contributed by atoms with Crippen molar-refractivity contribution in [3.05, 3.63) is 88.3 Å². The van der Waals surface area contributed by atoms with Gasteiger partial charge in [0, 0.05) is 11.6 Å². The highest BCUT2D eigenvalue weighted by atomic mass is 35.5. The predicted molar refractivity (Wildman–Crippen MR) is 96.2 cm³/mol. The van der Waals surface area contributed by atoms with Crippen LogP contribution in [-0.4, -0.2) is 0 Å². The van der Waals surface area contributed by atoms with Crippen LogP contribution in [0.4, 0.5) is 0 Å². The van der Waals surface area contributed by atoms with Crippen LogP contribution in [-0.2, 0) is 19.7 Å². The maximum absolute atomic E-state index is 5.97. The zero-order valence-electron chi connectivity index (χ0n) is 13.6. The summed E-state index contributed by atoms with van der Waals surface area (Å²) in [6.07, 6.45) is 0. The van der Waals surface area contributed by atoms with Gasteiger partial charge in [-0.1, -0.05) is 35.9 Å². The average molecular weight is 342 g/mol. The molecule has 4 heteroatoms. The van der Waals surface area contributed by atoms with Gasteiger partial charge in [0.05, 0.1) is 6.54 Å². The summed E-state index contributed by atoms with van der Waals surface area (Å²) < 4.78 is 11.3. The SMILES string of the molecule is Cc1ccc(CNCc2ccc(OCc3cccc(Cl)c3)cc2)o1. The van der Waals surface area contributed by atoms with Gasteiger partial charge in [-0.05, 0) is 54.4 Å². The molecule has 0 saturated heterocycles. The van der Waals surface area contributed by atoms with E-state index >= 15 is 0 Å². The Balaban J connectivity index is 1.46. The second-order valence-corrected chi connectivity index (χ2v) is 6.11. The van der Waals surface area contributed by atoms with Gasteiger partial charge in [-0.15, -0.1) is 0 Å². The lowest BCUT2D eigenvalue weighted by Gasteiger charge is -2.08. The Morgan fingerprint density at radius 2 is 1.79 bits per heavy atom. The normalized spacial score (nSPS) is 10.8. The molecule has 0 radical (unpaired) electrons. The van der Waals surface area contributed by atoms with Gasteiger partial charge in [0.1, 0.15) is 23.9 Å². The monoisotopic (exact) mass is 341 g/mol. The molecule has 0 saturated carbocycles. The van der Waals surface area contributed by atoms with Gasteiger partial charge in [0.2, 0.25) is 0 Å². The van der Waals surface area contributed by atoms with Crippen LogP contribution in [0.15, 0.2) is 65.1 Å². The van der Waals surface area contributed by atoms with Crippen molar-refractivity contribution in [1.82, 2.24) is 5.32 Å². The predicted octanol–water partition coefficient (Wildman–Crippen LogP) is 5.11. The summed E-state index contributed by atoms with van der Waals surface area (Å²) in [5.74, 6) is 2.74. The number of benzene rings is 2. The van der Waals surface area contributed by atoms with E-state index in [1.165, 1.54) is 5.56 Å². The Kier molecular flexibility index (Phi) is 5.57. The van der Waals surface area contributed by atoms with Gasteiger partial charge in [0.25, 0.3) is 0 Å². The number of rotatable bonds is 7. The number of hydrogen-bond acceptors (Lipinski definition) is 3. The molecular weight excluding hydrogens is 322 g/mol. The maximum Gasteiger partial charge on any atom is 0.119 e. The molecule has 1 aromatic heterocycles. The molecule has 0 aliphatic rings. The van der Waals surface area contributed by atoms with E-state index in [1.54, 1.807) is 0 Å². The first-order chi connectivity index (χ1) is 11.7. The number of ether oxygens (including phenoxy) is 1. The zero-order valence-corrected chi connectivity index (χ0v) is 14.3. The Morgan fingerprint density at radius 1 is 0.958 bits per heavy atom. The summed E-state index contributed by atoms with van der Waals surface area (Å²) in [6, 6.07) is 19.8. The number of halogens is 1. The quantitative estimate of drug-likeness (QED) is 0.648. The fraction of sp³-hybridized carbons (Fsp3) is 0.200. The van der Waals surface area contributed by atoms with Crippen LogP contribution < -0.4 is 10.1 Å². The molecule has 0 spiro atoms. The molecule has 3 nitrogen and oxygen atoms in total. The lowest BCUT2D eigenvalue weighted by Crippen LogP contribution is -2.12. The smallest absolute Gasteiger partial charge is 0.119 e. The summed E-state index contributed by atoms with van der Waals surface area (Å²) in [4.78, 5) is 0. The Labute approximate surface area is 147 Å². The summed E-state index contributed by atoms with van der Waals surface area (Å²) in [6.45, 7) is 3.97. The van der Waals surface area contributed by atoms with Crippen molar-refractivity contribution in [2.24, 2.45) is 0 Å². The summed E-state index contributed by atoms with van der Waals surface area (Å²) in [5, 5.41) is 4.09. The van der Waals surface area contributed by atoms with Crippen molar-refractivity contribution in [2.45, 2.75) is 26.6 Å². The highest BCUT2D eigenvalue weighted by molar-refractivity contribution is 6.30. The van der Waals surface area contributed by atoms with E-state index in [4.69, 9.17) is 20.8 Å². The Morgan fingerprint density at radius 3 is 2.50 bits per heavy atom. The van der Waals surface area contributed by atoms with Crippen molar-refractivity contribution < 1.29 is 9.15 Å². The number of nitrogens with one attached hydrogen (secondary N) is 1. The third-order valence-corrected chi connectivity index (χ3v) is 3.88. The molecule has 3 aromatic rings. The number of hydrogen-bond donors (Lipinski definition) is 1. The largest absolute Gasteiger partial charge is 0.489 e. The summed E-state index contributed by atoms with van der Waals surface area (Å²) >= 11 is 5.97. The van der Waals surface area contributed by atoms with E-state index < -0.39 is 0 Å². The van der Waals surface area contributed by atoms with Crippen LogP contribution in [0.25, 0.3) is 0 Å². The molecule has 1 heterocycles. The van der Waals surface area contributed by atoms with Gasteiger partial charge in [-0.2, -0.15) is 0 Å². The van der Waals surface area contributed by atoms with Crippen LogP contribution in [0.2, 0.25) is 5.02 Å². The molecule has 124 valence electrons. The topological polar surface area (TPSA) is 34.4 Å². The van der Waals surface area contributed by atoms with Crippen molar-refractivity contribution in [3.8, 4) is 5.75 Å². The minimum Gasteiger partial charge on any atom is -0.489 e. The molecule has 2 aromatic carbocycles. The minimum absolute atomic E-state index is 0.510. The molecule has 0 aliphatic heterocycles. The molecule has 0 bridgehead atoms. The molecule has 0 unspecified atom stereocenters. The lowest BCUT2D eigenvalue weighted by molar-refractivity contribution is 0.306. The zero-order chi connectivity index (χ0) is 16.8. The Bertz CT molecular complexity index is 780. The fourth-order valence-corrected chi connectivity index (χ4v) is 2.62. The van der Waals surface area contributed by atoms with Crippen molar-refractivity contribution in [2.75, 3.05) is 0 Å². The van der Waals surface area contributed by atoms with E-state index in [2.05, 4.69) is 17.4 Å². The van der Waals surface area contributed by atoms with Crippen molar-refractivity contribution in [3.63, 3.8) is 0 Å². The molecule has 0 atom stereocenters. The number of aryl methyl sites for hydroxylation is 1. The molecule has 0 amide bonds. The first-order valence-corrected chi connectivity index (χ1v) is 8.29. The molecule has 0 aliphatic carbocycles. The fourth-order valence-electron chi connectivity index (χ4n) is 2.41. The lowest BCUT2D eigenvalue weighted by atomic mass is 10.2. The second kappa shape index (κ2) is 8.04. The highest BCUT2D eigenvalue weighted by Crippen LogP contribution is 2.16. The Hall–Kier alpha value is -2.23. The highest BCUT2D eigenvalue weighted by Gasteiger charge is 2.00. The van der Waals surface area contributed by atoms with Crippen LogP contribution >= 0.6 is 11.6 Å². The van der Waals surface area contributed by atoms with Crippen LogP contribution in [0.3, 0.4) is 0 Å². The summed E-state index contributed by atoms with van der Waals surface area (Å²) in [5.41, 5.74) is 2.26. The molecular formula is C20H20ClNO2. The molecule has 3 rings (SSSR count). The van der Waals surface area contributed by atoms with Crippen molar-refractivity contribution >= 4 is 11.6 Å². The molecule has 24 heavy (non-hydrogen) atoms. The number of furan rings is 1. The van der Waals surface area contributed by atoms with E-state index in [0.717, 1.165) is 40.9 Å². The minimum atomic E-state index is 0.510. The van der Waals surface area contributed by atoms with Gasteiger partial charge in [-0.25, -0.2) is 0 Å². The van der Waals surface area contributed by atoms with Crippen LogP contribution in [0, 0.1) is 6.92 Å². The van der Waals surface area contributed by atoms with E-state index in [9.17, 15) is 0 Å².